The van der Waals surface area contributed by atoms with Gasteiger partial charge in [-0.2, -0.15) is 0 Å². The maximum absolute atomic E-state index is 11.6. The second-order valence-electron chi connectivity index (χ2n) is 3.83. The van der Waals surface area contributed by atoms with E-state index in [9.17, 15) is 9.90 Å². The maximum atomic E-state index is 11.6. The number of nitrogens with zero attached hydrogens (tertiary/aromatic N) is 2. The van der Waals surface area contributed by atoms with E-state index in [1.807, 2.05) is 6.92 Å². The van der Waals surface area contributed by atoms with Crippen molar-refractivity contribution >= 4 is 33.3 Å². The lowest BCUT2D eigenvalue weighted by molar-refractivity contribution is -0.117. The topological polar surface area (TPSA) is 79.5 Å². The van der Waals surface area contributed by atoms with Crippen LogP contribution in [0.1, 0.15) is 12.1 Å². The average Bonchev–Trinajstić information content (AvgIpc) is 2.51. The van der Waals surface area contributed by atoms with Gasteiger partial charge in [0.05, 0.1) is 30.5 Å². The molecule has 0 saturated carbocycles. The monoisotopic (exact) mass is 285 g/mol. The minimum absolute atomic E-state index is 0.135. The Morgan fingerprint density at radius 1 is 1.69 bits per heavy atom. The Morgan fingerprint density at radius 3 is 2.94 bits per heavy atom. The third-order valence-corrected chi connectivity index (χ3v) is 3.32. The van der Waals surface area contributed by atoms with Gasteiger partial charge < -0.3 is 10.8 Å². The molecule has 3 N–H and O–H groups in total. The van der Waals surface area contributed by atoms with Crippen LogP contribution >= 0.6 is 15.9 Å². The van der Waals surface area contributed by atoms with Crippen LogP contribution in [0.5, 0.6) is 0 Å². The summed E-state index contributed by atoms with van der Waals surface area (Å²) in [7, 11) is 0. The zero-order chi connectivity index (χ0) is 11.9. The Kier molecular flexibility index (Phi) is 2.86. The number of hydrogen-bond acceptors (Lipinski definition) is 4. The summed E-state index contributed by atoms with van der Waals surface area (Å²) < 4.78 is 0.806. The third kappa shape index (κ3) is 1.90. The molecule has 0 bridgehead atoms. The molecular formula is C10H12BrN3O2. The number of β-amino-alcohol motifs (C(OH)–C–C–N with tert-alkyl or cyclic N) is 1. The number of amides is 1. The number of hydrogen-bond donors (Lipinski definition) is 2. The van der Waals surface area contributed by atoms with Crippen molar-refractivity contribution in [2.45, 2.75) is 19.4 Å². The van der Waals surface area contributed by atoms with Gasteiger partial charge in [-0.3, -0.25) is 9.69 Å². The Hall–Kier alpha value is -1.14. The van der Waals surface area contributed by atoms with Crippen LogP contribution in [0.15, 0.2) is 10.5 Å². The van der Waals surface area contributed by atoms with Crippen LogP contribution < -0.4 is 10.6 Å². The molecule has 1 amide bonds. The van der Waals surface area contributed by atoms with Gasteiger partial charge in [-0.05, 0) is 28.9 Å². The molecule has 0 radical (unpaired) electrons. The summed E-state index contributed by atoms with van der Waals surface area (Å²) in [5, 5.41) is 9.41. The van der Waals surface area contributed by atoms with Gasteiger partial charge in [-0.25, -0.2) is 4.98 Å². The van der Waals surface area contributed by atoms with Crippen molar-refractivity contribution in [2.24, 2.45) is 0 Å². The molecule has 0 spiro atoms. The predicted octanol–water partition coefficient (Wildman–Crippen LogP) is 0.832. The molecule has 6 heteroatoms. The first-order valence-electron chi connectivity index (χ1n) is 4.90. The summed E-state index contributed by atoms with van der Waals surface area (Å²) in [5.74, 6) is 0.288. The predicted molar refractivity (Wildman–Crippen MR) is 64.1 cm³/mol. The van der Waals surface area contributed by atoms with Gasteiger partial charge in [0.2, 0.25) is 5.91 Å². The number of aliphatic hydroxyl groups excluding tert-OH is 1. The lowest BCUT2D eigenvalue weighted by Gasteiger charge is -2.17. The summed E-state index contributed by atoms with van der Waals surface area (Å²) in [6, 6.07) is 1.72. The number of aliphatic hydroxyl groups is 1. The molecule has 1 atom stereocenters. The van der Waals surface area contributed by atoms with E-state index >= 15 is 0 Å². The minimum atomic E-state index is -0.627. The van der Waals surface area contributed by atoms with Gasteiger partial charge in [0.25, 0.3) is 0 Å². The normalized spacial score (nSPS) is 20.6. The summed E-state index contributed by atoms with van der Waals surface area (Å²) in [4.78, 5) is 17.3. The highest BCUT2D eigenvalue weighted by Gasteiger charge is 2.31. The van der Waals surface area contributed by atoms with Crippen LogP contribution in [0.25, 0.3) is 0 Å². The first-order valence-corrected chi connectivity index (χ1v) is 5.69. The van der Waals surface area contributed by atoms with E-state index in [2.05, 4.69) is 20.9 Å². The lowest BCUT2D eigenvalue weighted by Crippen LogP contribution is -2.27. The van der Waals surface area contributed by atoms with Crippen LogP contribution in [-0.4, -0.2) is 28.6 Å². The Balaban J connectivity index is 2.41. The maximum Gasteiger partial charge on any atom is 0.230 e. The average molecular weight is 286 g/mol. The van der Waals surface area contributed by atoms with Crippen molar-refractivity contribution in [1.82, 2.24) is 4.98 Å². The van der Waals surface area contributed by atoms with Crippen molar-refractivity contribution < 1.29 is 9.90 Å². The lowest BCUT2D eigenvalue weighted by atomic mass is 10.3. The molecule has 1 aliphatic rings. The fraction of sp³-hybridized carbons (Fsp3) is 0.400. The van der Waals surface area contributed by atoms with E-state index in [4.69, 9.17) is 5.73 Å². The zero-order valence-electron chi connectivity index (χ0n) is 8.77. The highest BCUT2D eigenvalue weighted by Crippen LogP contribution is 2.29. The van der Waals surface area contributed by atoms with Crippen molar-refractivity contribution in [2.75, 3.05) is 17.2 Å². The van der Waals surface area contributed by atoms with Gasteiger partial charge in [0, 0.05) is 4.47 Å². The highest BCUT2D eigenvalue weighted by atomic mass is 79.9. The molecule has 0 aromatic carbocycles. The smallest absolute Gasteiger partial charge is 0.230 e. The summed E-state index contributed by atoms with van der Waals surface area (Å²) >= 11 is 3.32. The molecule has 1 fully saturated rings. The van der Waals surface area contributed by atoms with Crippen LogP contribution in [0.3, 0.4) is 0 Å². The second-order valence-corrected chi connectivity index (χ2v) is 4.69. The number of aryl methyl sites for hydroxylation is 1. The number of rotatable bonds is 1. The van der Waals surface area contributed by atoms with Crippen molar-refractivity contribution in [1.29, 1.82) is 0 Å². The molecule has 1 aromatic heterocycles. The fourth-order valence-corrected chi connectivity index (χ4v) is 2.03. The standard InChI is InChI=1S/C10H12BrN3O2/c1-5-7(11)3-8(12)10(13-5)14-4-6(15)2-9(14)16/h3,6,15H,2,4,12H2,1H3. The number of aromatic nitrogens is 1. The molecule has 1 saturated heterocycles. The molecule has 2 rings (SSSR count). The molecule has 1 aromatic rings. The van der Waals surface area contributed by atoms with Gasteiger partial charge in [0.1, 0.15) is 0 Å². The minimum Gasteiger partial charge on any atom is -0.396 e. The van der Waals surface area contributed by atoms with Crippen molar-refractivity contribution in [3.05, 3.63) is 16.2 Å². The summed E-state index contributed by atoms with van der Waals surface area (Å²) in [6.45, 7) is 2.08. The van der Waals surface area contributed by atoms with Crippen molar-refractivity contribution in [3.63, 3.8) is 0 Å². The van der Waals surface area contributed by atoms with Crippen LogP contribution in [0.2, 0.25) is 0 Å². The number of carbonyl (C=O) groups is 1. The van der Waals surface area contributed by atoms with E-state index in [0.717, 1.165) is 10.2 Å². The number of pyridine rings is 1. The van der Waals surface area contributed by atoms with Crippen LogP contribution in [0, 0.1) is 6.92 Å². The number of nitrogen functional groups attached to an aromatic ring is 1. The van der Waals surface area contributed by atoms with E-state index in [-0.39, 0.29) is 18.9 Å². The van der Waals surface area contributed by atoms with E-state index in [1.165, 1.54) is 4.90 Å². The molecular weight excluding hydrogens is 274 g/mol. The first kappa shape index (κ1) is 11.3. The quantitative estimate of drug-likeness (QED) is 0.801. The number of anilines is 2. The van der Waals surface area contributed by atoms with Gasteiger partial charge in [0.15, 0.2) is 5.82 Å². The van der Waals surface area contributed by atoms with Crippen LogP contribution in [0.4, 0.5) is 11.5 Å². The SMILES string of the molecule is Cc1nc(N2CC(O)CC2=O)c(N)cc1Br. The molecule has 2 heterocycles. The molecule has 1 aliphatic heterocycles. The summed E-state index contributed by atoms with van der Waals surface area (Å²) in [6.07, 6.45) is -0.492. The molecule has 0 aliphatic carbocycles. The highest BCUT2D eigenvalue weighted by molar-refractivity contribution is 9.10. The van der Waals surface area contributed by atoms with Gasteiger partial charge in [-0.1, -0.05) is 0 Å². The molecule has 86 valence electrons. The Labute approximate surface area is 101 Å². The van der Waals surface area contributed by atoms with E-state index in [0.29, 0.717) is 11.5 Å². The van der Waals surface area contributed by atoms with Crippen LogP contribution in [-0.2, 0) is 4.79 Å². The van der Waals surface area contributed by atoms with Gasteiger partial charge >= 0.3 is 0 Å². The first-order chi connectivity index (χ1) is 7.49. The number of halogens is 1. The molecule has 1 unspecified atom stereocenters. The van der Waals surface area contributed by atoms with Crippen molar-refractivity contribution in [3.8, 4) is 0 Å². The fourth-order valence-electron chi connectivity index (χ4n) is 1.69. The second kappa shape index (κ2) is 4.03. The Bertz CT molecular complexity index is 450. The van der Waals surface area contributed by atoms with Gasteiger partial charge in [-0.15, -0.1) is 0 Å². The van der Waals surface area contributed by atoms with E-state index < -0.39 is 6.10 Å². The third-order valence-electron chi connectivity index (χ3n) is 2.52. The molecule has 5 nitrogen and oxygen atoms in total. The van der Waals surface area contributed by atoms with E-state index in [1.54, 1.807) is 6.07 Å². The summed E-state index contributed by atoms with van der Waals surface area (Å²) in [5.41, 5.74) is 7.00. The molecule has 16 heavy (non-hydrogen) atoms. The largest absolute Gasteiger partial charge is 0.396 e. The number of carbonyl (C=O) groups excluding carboxylic acids is 1. The zero-order valence-corrected chi connectivity index (χ0v) is 10.4. The number of nitrogens with two attached hydrogens (primary N) is 1. The Morgan fingerprint density at radius 2 is 2.38 bits per heavy atom.